The van der Waals surface area contributed by atoms with Crippen LogP contribution in [0.5, 0.6) is 0 Å². The third-order valence-corrected chi connectivity index (χ3v) is 4.90. The third-order valence-electron chi connectivity index (χ3n) is 4.90. The van der Waals surface area contributed by atoms with E-state index in [0.29, 0.717) is 12.3 Å². The normalized spacial score (nSPS) is 18.3. The van der Waals surface area contributed by atoms with Gasteiger partial charge in [-0.05, 0) is 41.5 Å². The van der Waals surface area contributed by atoms with Gasteiger partial charge in [-0.15, -0.1) is 0 Å². The van der Waals surface area contributed by atoms with Crippen molar-refractivity contribution in [3.8, 4) is 0 Å². The quantitative estimate of drug-likeness (QED) is 0.560. The van der Waals surface area contributed by atoms with E-state index in [2.05, 4.69) is 42.3 Å². The number of pyridine rings is 1. The van der Waals surface area contributed by atoms with Crippen LogP contribution in [-0.4, -0.2) is 11.2 Å². The van der Waals surface area contributed by atoms with Gasteiger partial charge in [0.15, 0.2) is 0 Å². The van der Waals surface area contributed by atoms with Crippen molar-refractivity contribution in [1.29, 1.82) is 0 Å². The van der Waals surface area contributed by atoms with Gasteiger partial charge in [0.25, 0.3) is 0 Å². The number of halogens is 3. The molecule has 0 aliphatic heterocycles. The lowest BCUT2D eigenvalue weighted by Gasteiger charge is -2.15. The Balaban J connectivity index is 1.85. The summed E-state index contributed by atoms with van der Waals surface area (Å²) < 4.78 is 37.6. The van der Waals surface area contributed by atoms with Gasteiger partial charge >= 0.3 is 6.18 Å². The van der Waals surface area contributed by atoms with Gasteiger partial charge in [0.05, 0.1) is 12.1 Å². The molecule has 146 valence electrons. The average Bonchev–Trinajstić information content (AvgIpc) is 2.63. The van der Waals surface area contributed by atoms with Gasteiger partial charge in [-0.2, -0.15) is 13.2 Å². The van der Waals surface area contributed by atoms with E-state index in [-0.39, 0.29) is 5.56 Å². The molecule has 1 unspecified atom stereocenters. The summed E-state index contributed by atoms with van der Waals surface area (Å²) in [6.07, 6.45) is 10.1. The highest BCUT2D eigenvalue weighted by Crippen LogP contribution is 2.27. The van der Waals surface area contributed by atoms with Crippen molar-refractivity contribution in [3.05, 3.63) is 95.4 Å². The van der Waals surface area contributed by atoms with Crippen LogP contribution in [0.2, 0.25) is 0 Å². The van der Waals surface area contributed by atoms with E-state index in [1.165, 1.54) is 0 Å². The molecular weight excluding hydrogens is 359 g/mol. The van der Waals surface area contributed by atoms with Crippen LogP contribution in [0.1, 0.15) is 42.1 Å². The largest absolute Gasteiger partial charge is 0.393 e. The Morgan fingerprint density at radius 3 is 2.50 bits per heavy atom. The predicted molar refractivity (Wildman–Crippen MR) is 108 cm³/mol. The molecule has 3 rings (SSSR count). The molecule has 28 heavy (non-hydrogen) atoms. The molecule has 0 amide bonds. The van der Waals surface area contributed by atoms with Gasteiger partial charge < -0.3 is 0 Å². The molecule has 1 aliphatic rings. The van der Waals surface area contributed by atoms with Gasteiger partial charge in [-0.25, -0.2) is 0 Å². The number of benzene rings is 1. The Hall–Kier alpha value is -2.62. The van der Waals surface area contributed by atoms with E-state index in [9.17, 15) is 13.2 Å². The highest BCUT2D eigenvalue weighted by atomic mass is 19.4. The number of alkyl halides is 3. The minimum atomic E-state index is -4.18. The van der Waals surface area contributed by atoms with Crippen LogP contribution in [0.25, 0.3) is 5.57 Å². The van der Waals surface area contributed by atoms with Crippen molar-refractivity contribution in [1.82, 2.24) is 4.98 Å². The van der Waals surface area contributed by atoms with Crippen molar-refractivity contribution in [2.75, 3.05) is 0 Å². The van der Waals surface area contributed by atoms with Crippen molar-refractivity contribution in [3.63, 3.8) is 0 Å². The van der Waals surface area contributed by atoms with Crippen LogP contribution in [0, 0.1) is 5.92 Å². The number of nitrogens with zero attached hydrogens (tertiary/aromatic N) is 1. The molecule has 1 aliphatic carbocycles. The lowest BCUT2D eigenvalue weighted by molar-refractivity contribution is -0.127. The molecule has 0 bridgehead atoms. The molecule has 2 aromatic rings. The van der Waals surface area contributed by atoms with Crippen LogP contribution < -0.4 is 0 Å². The number of allylic oxidation sites excluding steroid dienone is 6. The fourth-order valence-corrected chi connectivity index (χ4v) is 3.37. The number of hydrogen-bond donors (Lipinski definition) is 0. The molecule has 1 aromatic heterocycles. The lowest BCUT2D eigenvalue weighted by Crippen LogP contribution is -2.11. The zero-order chi connectivity index (χ0) is 20.0. The SMILES string of the molecule is CCC1C=C(c2cccnc2Cc2ccc(CC(F)(F)F)cc2)/C=C\C=CC1. The summed E-state index contributed by atoms with van der Waals surface area (Å²) >= 11 is 0. The van der Waals surface area contributed by atoms with E-state index in [1.54, 1.807) is 30.5 Å². The van der Waals surface area contributed by atoms with Crippen molar-refractivity contribution < 1.29 is 13.2 Å². The summed E-state index contributed by atoms with van der Waals surface area (Å²) in [5.74, 6) is 0.478. The van der Waals surface area contributed by atoms with Gasteiger partial charge in [0.1, 0.15) is 0 Å². The molecule has 1 nitrogen and oxygen atoms in total. The maximum absolute atomic E-state index is 12.5. The number of rotatable bonds is 5. The molecule has 1 heterocycles. The molecule has 0 saturated carbocycles. The Kier molecular flexibility index (Phi) is 6.50. The second-order valence-electron chi connectivity index (χ2n) is 7.10. The first-order chi connectivity index (χ1) is 13.4. The van der Waals surface area contributed by atoms with Crippen LogP contribution in [0.3, 0.4) is 0 Å². The predicted octanol–water partition coefficient (Wildman–Crippen LogP) is 6.70. The summed E-state index contributed by atoms with van der Waals surface area (Å²) in [7, 11) is 0. The van der Waals surface area contributed by atoms with Crippen LogP contribution in [-0.2, 0) is 12.8 Å². The fraction of sp³-hybridized carbons (Fsp3) is 0.292. The van der Waals surface area contributed by atoms with Gasteiger partial charge in [-0.1, -0.05) is 67.6 Å². The van der Waals surface area contributed by atoms with E-state index < -0.39 is 12.6 Å². The molecule has 0 spiro atoms. The first kappa shape index (κ1) is 20.1. The highest BCUT2D eigenvalue weighted by Gasteiger charge is 2.27. The molecule has 1 atom stereocenters. The summed E-state index contributed by atoms with van der Waals surface area (Å²) in [5, 5.41) is 0. The van der Waals surface area contributed by atoms with Gasteiger partial charge in [-0.3, -0.25) is 4.98 Å². The summed E-state index contributed by atoms with van der Waals surface area (Å²) in [6.45, 7) is 2.19. The first-order valence-electron chi connectivity index (χ1n) is 9.58. The Morgan fingerprint density at radius 2 is 1.79 bits per heavy atom. The third kappa shape index (κ3) is 5.69. The van der Waals surface area contributed by atoms with E-state index >= 15 is 0 Å². The molecule has 0 fully saturated rings. The van der Waals surface area contributed by atoms with Crippen LogP contribution in [0.15, 0.2) is 73.0 Å². The van der Waals surface area contributed by atoms with Crippen molar-refractivity contribution >= 4 is 5.57 Å². The summed E-state index contributed by atoms with van der Waals surface area (Å²) in [6, 6.07) is 10.6. The maximum Gasteiger partial charge on any atom is 0.393 e. The minimum absolute atomic E-state index is 0.278. The average molecular weight is 383 g/mol. The van der Waals surface area contributed by atoms with Crippen LogP contribution >= 0.6 is 0 Å². The zero-order valence-corrected chi connectivity index (χ0v) is 15.9. The molecule has 4 heteroatoms. The number of aromatic nitrogens is 1. The van der Waals surface area contributed by atoms with Crippen molar-refractivity contribution in [2.45, 2.75) is 38.8 Å². The second kappa shape index (κ2) is 9.05. The smallest absolute Gasteiger partial charge is 0.260 e. The van der Waals surface area contributed by atoms with E-state index in [0.717, 1.165) is 35.2 Å². The molecule has 0 saturated heterocycles. The maximum atomic E-state index is 12.5. The topological polar surface area (TPSA) is 12.9 Å². The van der Waals surface area contributed by atoms with Crippen LogP contribution in [0.4, 0.5) is 13.2 Å². The second-order valence-corrected chi connectivity index (χ2v) is 7.10. The monoisotopic (exact) mass is 383 g/mol. The van der Waals surface area contributed by atoms with E-state index in [1.807, 2.05) is 12.1 Å². The summed E-state index contributed by atoms with van der Waals surface area (Å²) in [5.41, 5.74) is 4.38. The van der Waals surface area contributed by atoms with Crippen molar-refractivity contribution in [2.24, 2.45) is 5.92 Å². The van der Waals surface area contributed by atoms with E-state index in [4.69, 9.17) is 0 Å². The number of hydrogen-bond acceptors (Lipinski definition) is 1. The Morgan fingerprint density at radius 1 is 1.04 bits per heavy atom. The standard InChI is InChI=1S/C24H24F3N/c1-2-18-7-4-3-5-8-21(15-18)22-9-6-14-28-23(22)16-19-10-12-20(13-11-19)17-24(25,26)27/h3-6,8-15,18H,2,7,16-17H2,1H3/b4-3?,8-5-,21-15?. The van der Waals surface area contributed by atoms with Gasteiger partial charge in [0, 0.05) is 18.2 Å². The lowest BCUT2D eigenvalue weighted by atomic mass is 9.92. The minimum Gasteiger partial charge on any atom is -0.260 e. The summed E-state index contributed by atoms with van der Waals surface area (Å²) in [4.78, 5) is 4.56. The molecule has 0 N–H and O–H groups in total. The first-order valence-corrected chi connectivity index (χ1v) is 9.58. The highest BCUT2D eigenvalue weighted by molar-refractivity contribution is 5.76. The Labute approximate surface area is 164 Å². The zero-order valence-electron chi connectivity index (χ0n) is 15.9. The molecular formula is C24H24F3N. The molecule has 0 radical (unpaired) electrons. The Bertz CT molecular complexity index is 873. The fourth-order valence-electron chi connectivity index (χ4n) is 3.37. The van der Waals surface area contributed by atoms with Gasteiger partial charge in [0.2, 0.25) is 0 Å². The molecule has 1 aromatic carbocycles.